The third-order valence-electron chi connectivity index (χ3n) is 3.53. The molecule has 1 atom stereocenters. The number of ether oxygens (including phenoxy) is 1. The number of nitrogens with one attached hydrogen (secondary N) is 1. The predicted molar refractivity (Wildman–Crippen MR) is 74.9 cm³/mol. The van der Waals surface area contributed by atoms with E-state index in [2.05, 4.69) is 17.4 Å². The Kier molecular flexibility index (Phi) is 4.80. The van der Waals surface area contributed by atoms with Gasteiger partial charge in [-0.25, -0.2) is 0 Å². The van der Waals surface area contributed by atoms with E-state index in [1.165, 1.54) is 18.4 Å². The average molecular weight is 262 g/mol. The van der Waals surface area contributed by atoms with Gasteiger partial charge in [-0.15, -0.1) is 0 Å². The zero-order chi connectivity index (χ0) is 13.7. The number of benzene rings is 1. The molecule has 4 heteroatoms. The Bertz CT molecular complexity index is 413. The minimum absolute atomic E-state index is 0.228. The lowest BCUT2D eigenvalue weighted by Crippen LogP contribution is -2.25. The molecular formula is C15H22N2O2. The first-order valence-electron chi connectivity index (χ1n) is 6.86. The van der Waals surface area contributed by atoms with E-state index in [1.54, 1.807) is 7.11 Å². The lowest BCUT2D eigenvalue weighted by Gasteiger charge is -2.19. The molecule has 1 aliphatic carbocycles. The third-order valence-corrected chi connectivity index (χ3v) is 3.53. The Balaban J connectivity index is 1.89. The summed E-state index contributed by atoms with van der Waals surface area (Å²) in [4.78, 5) is 10.7. The topological polar surface area (TPSA) is 64.3 Å². The molecule has 1 saturated carbocycles. The van der Waals surface area contributed by atoms with Crippen molar-refractivity contribution in [1.29, 1.82) is 0 Å². The van der Waals surface area contributed by atoms with E-state index < -0.39 is 0 Å². The van der Waals surface area contributed by atoms with Gasteiger partial charge in [0.1, 0.15) is 5.75 Å². The number of primary amides is 1. The summed E-state index contributed by atoms with van der Waals surface area (Å²) in [5.41, 5.74) is 6.44. The van der Waals surface area contributed by atoms with Crippen LogP contribution < -0.4 is 15.8 Å². The van der Waals surface area contributed by atoms with Crippen LogP contribution in [-0.2, 0) is 4.79 Å². The second-order valence-corrected chi connectivity index (χ2v) is 5.11. The molecule has 0 heterocycles. The van der Waals surface area contributed by atoms with Crippen LogP contribution in [0.4, 0.5) is 0 Å². The second-order valence-electron chi connectivity index (χ2n) is 5.11. The molecule has 1 aliphatic rings. The highest BCUT2D eigenvalue weighted by Gasteiger charge is 2.31. The maximum atomic E-state index is 10.7. The molecule has 0 bridgehead atoms. The van der Waals surface area contributed by atoms with Gasteiger partial charge in [-0.1, -0.05) is 12.1 Å². The molecule has 0 aliphatic heterocycles. The van der Waals surface area contributed by atoms with E-state index in [4.69, 9.17) is 10.5 Å². The number of rotatable bonds is 8. The molecule has 3 N–H and O–H groups in total. The Morgan fingerprint density at radius 2 is 2.11 bits per heavy atom. The third kappa shape index (κ3) is 4.24. The van der Waals surface area contributed by atoms with Crippen LogP contribution in [0.25, 0.3) is 0 Å². The summed E-state index contributed by atoms with van der Waals surface area (Å²) in [5, 5.41) is 3.54. The first-order chi connectivity index (χ1) is 9.20. The molecule has 0 saturated heterocycles. The quantitative estimate of drug-likeness (QED) is 0.704. The van der Waals surface area contributed by atoms with E-state index in [0.29, 0.717) is 12.5 Å². The van der Waals surface area contributed by atoms with Gasteiger partial charge in [0, 0.05) is 12.5 Å². The van der Waals surface area contributed by atoms with Crippen LogP contribution in [0.5, 0.6) is 5.75 Å². The van der Waals surface area contributed by atoms with E-state index in [-0.39, 0.29) is 5.91 Å². The van der Waals surface area contributed by atoms with Crippen LogP contribution in [0.1, 0.15) is 37.3 Å². The Labute approximate surface area is 114 Å². The minimum Gasteiger partial charge on any atom is -0.497 e. The maximum absolute atomic E-state index is 10.7. The zero-order valence-electron chi connectivity index (χ0n) is 11.4. The van der Waals surface area contributed by atoms with Gasteiger partial charge in [0.25, 0.3) is 0 Å². The van der Waals surface area contributed by atoms with E-state index in [1.807, 2.05) is 12.1 Å². The molecule has 1 unspecified atom stereocenters. The highest BCUT2D eigenvalue weighted by molar-refractivity contribution is 5.73. The van der Waals surface area contributed by atoms with Crippen molar-refractivity contribution in [3.8, 4) is 5.75 Å². The molecule has 0 spiro atoms. The summed E-state index contributed by atoms with van der Waals surface area (Å²) in [5.74, 6) is 1.38. The van der Waals surface area contributed by atoms with Crippen molar-refractivity contribution in [2.24, 2.45) is 11.7 Å². The van der Waals surface area contributed by atoms with Gasteiger partial charge in [0.05, 0.1) is 7.11 Å². The number of amides is 1. The maximum Gasteiger partial charge on any atom is 0.217 e. The molecule has 1 aromatic carbocycles. The van der Waals surface area contributed by atoms with Crippen molar-refractivity contribution >= 4 is 5.91 Å². The number of hydrogen-bond acceptors (Lipinski definition) is 3. The van der Waals surface area contributed by atoms with Crippen molar-refractivity contribution in [3.05, 3.63) is 29.8 Å². The highest BCUT2D eigenvalue weighted by atomic mass is 16.5. The van der Waals surface area contributed by atoms with Crippen LogP contribution in [0.15, 0.2) is 24.3 Å². The fraction of sp³-hybridized carbons (Fsp3) is 0.533. The molecule has 1 amide bonds. The SMILES string of the molecule is COc1ccc(C(NCCCC(N)=O)C2CC2)cc1. The fourth-order valence-electron chi connectivity index (χ4n) is 2.32. The second kappa shape index (κ2) is 6.57. The lowest BCUT2D eigenvalue weighted by molar-refractivity contribution is -0.118. The molecule has 0 radical (unpaired) electrons. The van der Waals surface area contributed by atoms with E-state index in [0.717, 1.165) is 24.6 Å². The van der Waals surface area contributed by atoms with Crippen LogP contribution >= 0.6 is 0 Å². The van der Waals surface area contributed by atoms with E-state index >= 15 is 0 Å². The van der Waals surface area contributed by atoms with Crippen LogP contribution in [-0.4, -0.2) is 19.6 Å². The van der Waals surface area contributed by atoms with Gasteiger partial charge >= 0.3 is 0 Å². The largest absolute Gasteiger partial charge is 0.497 e. The van der Waals surface area contributed by atoms with Gasteiger partial charge in [-0.05, 0) is 49.4 Å². The summed E-state index contributed by atoms with van der Waals surface area (Å²) in [6.45, 7) is 0.829. The Morgan fingerprint density at radius 3 is 2.63 bits per heavy atom. The monoisotopic (exact) mass is 262 g/mol. The van der Waals surface area contributed by atoms with Crippen LogP contribution in [0, 0.1) is 5.92 Å². The van der Waals surface area contributed by atoms with E-state index in [9.17, 15) is 4.79 Å². The summed E-state index contributed by atoms with van der Waals surface area (Å²) in [7, 11) is 1.68. The first kappa shape index (κ1) is 13.9. The molecular weight excluding hydrogens is 240 g/mol. The number of hydrogen-bond donors (Lipinski definition) is 2. The summed E-state index contributed by atoms with van der Waals surface area (Å²) < 4.78 is 5.18. The molecule has 1 aromatic rings. The molecule has 0 aromatic heterocycles. The van der Waals surface area contributed by atoms with Gasteiger partial charge in [0.2, 0.25) is 5.91 Å². The van der Waals surface area contributed by atoms with Crippen molar-refractivity contribution in [1.82, 2.24) is 5.32 Å². The Morgan fingerprint density at radius 1 is 1.42 bits per heavy atom. The van der Waals surface area contributed by atoms with Crippen LogP contribution in [0.3, 0.4) is 0 Å². The van der Waals surface area contributed by atoms with Crippen molar-refractivity contribution in [2.45, 2.75) is 31.7 Å². The zero-order valence-corrected chi connectivity index (χ0v) is 11.4. The molecule has 104 valence electrons. The molecule has 4 nitrogen and oxygen atoms in total. The summed E-state index contributed by atoms with van der Waals surface area (Å²) in [6, 6.07) is 8.61. The minimum atomic E-state index is -0.228. The molecule has 19 heavy (non-hydrogen) atoms. The predicted octanol–water partition coefficient (Wildman–Crippen LogP) is 2.00. The molecule has 1 fully saturated rings. The lowest BCUT2D eigenvalue weighted by atomic mass is 10.0. The smallest absolute Gasteiger partial charge is 0.217 e. The number of nitrogens with two attached hydrogens (primary N) is 1. The molecule has 2 rings (SSSR count). The standard InChI is InChI=1S/C15H22N2O2/c1-19-13-8-6-12(7-9-13)15(11-4-5-11)17-10-2-3-14(16)18/h6-9,11,15,17H,2-5,10H2,1H3,(H2,16,18). The first-order valence-corrected chi connectivity index (χ1v) is 6.86. The van der Waals surface area contributed by atoms with Crippen molar-refractivity contribution in [3.63, 3.8) is 0 Å². The van der Waals surface area contributed by atoms with Gasteiger partial charge in [-0.2, -0.15) is 0 Å². The highest BCUT2D eigenvalue weighted by Crippen LogP contribution is 2.41. The van der Waals surface area contributed by atoms with Crippen molar-refractivity contribution in [2.75, 3.05) is 13.7 Å². The fourth-order valence-corrected chi connectivity index (χ4v) is 2.32. The van der Waals surface area contributed by atoms with Crippen LogP contribution in [0.2, 0.25) is 0 Å². The van der Waals surface area contributed by atoms with Crippen molar-refractivity contribution < 1.29 is 9.53 Å². The normalized spacial score (nSPS) is 16.1. The van der Waals surface area contributed by atoms with Gasteiger partial charge in [-0.3, -0.25) is 4.79 Å². The van der Waals surface area contributed by atoms with Gasteiger partial charge < -0.3 is 15.8 Å². The summed E-state index contributed by atoms with van der Waals surface area (Å²) in [6.07, 6.45) is 3.81. The number of methoxy groups -OCH3 is 1. The summed E-state index contributed by atoms with van der Waals surface area (Å²) >= 11 is 0. The number of carbonyl (C=O) groups is 1. The van der Waals surface area contributed by atoms with Gasteiger partial charge in [0.15, 0.2) is 0 Å². The average Bonchev–Trinajstić information content (AvgIpc) is 3.23. The Hall–Kier alpha value is -1.55. The number of carbonyl (C=O) groups excluding carboxylic acids is 1.